The van der Waals surface area contributed by atoms with Crippen LogP contribution in [0.25, 0.3) is 5.82 Å². The van der Waals surface area contributed by atoms with Crippen LogP contribution in [0.5, 0.6) is 0 Å². The van der Waals surface area contributed by atoms with Crippen molar-refractivity contribution in [2.45, 2.75) is 59.4 Å². The van der Waals surface area contributed by atoms with E-state index < -0.39 is 5.41 Å². The van der Waals surface area contributed by atoms with Crippen LogP contribution in [-0.4, -0.2) is 45.8 Å². The topological polar surface area (TPSA) is 139 Å². The number of carbonyl (C=O) groups excluding carboxylic acids is 1. The van der Waals surface area contributed by atoms with Gasteiger partial charge in [0.1, 0.15) is 11.6 Å². The Hall–Kier alpha value is -4.15. The maximum Gasteiger partial charge on any atom is 0.226 e. The summed E-state index contributed by atoms with van der Waals surface area (Å²) in [5.41, 5.74) is 3.09. The van der Waals surface area contributed by atoms with Crippen molar-refractivity contribution >= 4 is 17.5 Å². The highest BCUT2D eigenvalue weighted by Gasteiger charge is 2.48. The third kappa shape index (κ3) is 4.81. The maximum atomic E-state index is 13.1. The molecule has 0 radical (unpaired) electrons. The molecule has 0 aromatic carbocycles. The van der Waals surface area contributed by atoms with Crippen molar-refractivity contribution in [3.05, 3.63) is 65.4 Å². The van der Waals surface area contributed by atoms with Crippen molar-refractivity contribution < 1.29 is 4.79 Å². The van der Waals surface area contributed by atoms with Crippen molar-refractivity contribution in [2.75, 3.05) is 5.32 Å². The van der Waals surface area contributed by atoms with Gasteiger partial charge in [0.2, 0.25) is 5.91 Å². The summed E-state index contributed by atoms with van der Waals surface area (Å²) < 4.78 is 1.68. The molecule has 3 N–H and O–H groups in total. The lowest BCUT2D eigenvalue weighted by Crippen LogP contribution is -2.47. The number of nitrogens with one attached hydrogen (secondary N) is 3. The second kappa shape index (κ2) is 9.14. The molecular weight excluding hydrogens is 456 g/mol. The smallest absolute Gasteiger partial charge is 0.226 e. The molecule has 1 aliphatic rings. The number of H-pyrrole nitrogens is 1. The Bertz CT molecular complexity index is 1380. The van der Waals surface area contributed by atoms with Crippen LogP contribution in [0.3, 0.4) is 0 Å². The molecule has 4 aromatic heterocycles. The fourth-order valence-corrected chi connectivity index (χ4v) is 4.50. The molecule has 0 aliphatic heterocycles. The lowest BCUT2D eigenvalue weighted by atomic mass is 9.62. The molecule has 11 nitrogen and oxygen atoms in total. The number of aromatic nitrogens is 8. The number of anilines is 2. The number of carbonyl (C=O) groups is 1. The normalized spacial score (nSPS) is 20.0. The minimum absolute atomic E-state index is 0.00201. The standard InChI is InChI=1S/C25H30N10O/c1-14-10-28-35(13-14)22-12-26-19(11-27-22)17(4)30-24(36)25(5)8-18(9-25)23-29-15(2)6-20(32-23)31-21-7-16(3)33-34-21/h6-7,10-13,17-18H,8-9H2,1-5H3,(H,30,36)(H2,29,31,32,33,34)/t17-,18?,25?/m0/s1. The Balaban J connectivity index is 1.20. The second-order valence-electron chi connectivity index (χ2n) is 9.94. The van der Waals surface area contributed by atoms with E-state index in [1.165, 1.54) is 0 Å². The summed E-state index contributed by atoms with van der Waals surface area (Å²) in [5.74, 6) is 2.90. The average Bonchev–Trinajstić information content (AvgIpc) is 3.44. The summed E-state index contributed by atoms with van der Waals surface area (Å²) in [7, 11) is 0. The van der Waals surface area contributed by atoms with Gasteiger partial charge in [-0.15, -0.1) is 0 Å². The zero-order valence-corrected chi connectivity index (χ0v) is 21.1. The van der Waals surface area contributed by atoms with Crippen molar-refractivity contribution in [1.29, 1.82) is 0 Å². The molecule has 1 amide bonds. The number of aryl methyl sites for hydroxylation is 3. The van der Waals surface area contributed by atoms with E-state index in [4.69, 9.17) is 4.98 Å². The van der Waals surface area contributed by atoms with Crippen LogP contribution in [0.4, 0.5) is 11.6 Å². The molecule has 1 aliphatic carbocycles. The summed E-state index contributed by atoms with van der Waals surface area (Å²) in [4.78, 5) is 31.4. The fourth-order valence-electron chi connectivity index (χ4n) is 4.50. The molecule has 11 heteroatoms. The molecule has 186 valence electrons. The van der Waals surface area contributed by atoms with Gasteiger partial charge in [-0.05, 0) is 46.1 Å². The zero-order valence-electron chi connectivity index (χ0n) is 21.1. The van der Waals surface area contributed by atoms with Gasteiger partial charge in [-0.2, -0.15) is 10.2 Å². The molecule has 4 heterocycles. The van der Waals surface area contributed by atoms with Crippen molar-refractivity contribution in [1.82, 2.24) is 45.2 Å². The van der Waals surface area contributed by atoms with Crippen LogP contribution in [0.15, 0.2) is 36.9 Å². The van der Waals surface area contributed by atoms with E-state index in [-0.39, 0.29) is 17.9 Å². The molecule has 0 bridgehead atoms. The first-order valence-corrected chi connectivity index (χ1v) is 12.0. The van der Waals surface area contributed by atoms with Gasteiger partial charge in [0.05, 0.1) is 30.3 Å². The van der Waals surface area contributed by atoms with Crippen molar-refractivity contribution in [3.8, 4) is 5.82 Å². The Labute approximate surface area is 209 Å². The van der Waals surface area contributed by atoms with Crippen LogP contribution in [0.1, 0.15) is 67.1 Å². The van der Waals surface area contributed by atoms with Gasteiger partial charge in [0.25, 0.3) is 0 Å². The molecule has 0 spiro atoms. The first kappa shape index (κ1) is 23.6. The second-order valence-corrected chi connectivity index (χ2v) is 9.94. The van der Waals surface area contributed by atoms with Crippen molar-refractivity contribution in [2.24, 2.45) is 5.41 Å². The molecule has 1 saturated carbocycles. The average molecular weight is 487 g/mol. The van der Waals surface area contributed by atoms with E-state index in [0.29, 0.717) is 36.0 Å². The summed E-state index contributed by atoms with van der Waals surface area (Å²) in [6.07, 6.45) is 8.36. The van der Waals surface area contributed by atoms with Crippen LogP contribution in [0.2, 0.25) is 0 Å². The highest BCUT2D eigenvalue weighted by Crippen LogP contribution is 2.50. The minimum Gasteiger partial charge on any atom is -0.347 e. The maximum absolute atomic E-state index is 13.1. The Morgan fingerprint density at radius 1 is 1.11 bits per heavy atom. The monoisotopic (exact) mass is 486 g/mol. The van der Waals surface area contributed by atoms with Crippen LogP contribution in [0, 0.1) is 26.2 Å². The van der Waals surface area contributed by atoms with E-state index in [9.17, 15) is 4.79 Å². The number of rotatable bonds is 7. The van der Waals surface area contributed by atoms with Gasteiger partial charge in [-0.1, -0.05) is 6.92 Å². The van der Waals surface area contributed by atoms with Crippen molar-refractivity contribution in [3.63, 3.8) is 0 Å². The lowest BCUT2D eigenvalue weighted by Gasteiger charge is -2.43. The SMILES string of the molecule is Cc1cnn(-c2cnc([C@H](C)NC(=O)C3(C)CC(c4nc(C)cc(Nc5cc(C)[nH]n5)n4)C3)cn2)c1. The molecule has 0 unspecified atom stereocenters. The fraction of sp³-hybridized carbons (Fsp3) is 0.400. The third-order valence-electron chi connectivity index (χ3n) is 6.54. The predicted molar refractivity (Wildman–Crippen MR) is 134 cm³/mol. The van der Waals surface area contributed by atoms with Gasteiger partial charge in [0, 0.05) is 41.1 Å². The van der Waals surface area contributed by atoms with Gasteiger partial charge in [0.15, 0.2) is 11.6 Å². The molecule has 36 heavy (non-hydrogen) atoms. The number of aromatic amines is 1. The number of nitrogens with zero attached hydrogens (tertiary/aromatic N) is 7. The van der Waals surface area contributed by atoms with Crippen LogP contribution in [-0.2, 0) is 4.79 Å². The summed E-state index contributed by atoms with van der Waals surface area (Å²) in [6.45, 7) is 9.76. The third-order valence-corrected chi connectivity index (χ3v) is 6.54. The largest absolute Gasteiger partial charge is 0.347 e. The highest BCUT2D eigenvalue weighted by atomic mass is 16.2. The zero-order chi connectivity index (χ0) is 25.4. The van der Waals surface area contributed by atoms with Gasteiger partial charge < -0.3 is 10.6 Å². The molecule has 4 aromatic rings. The number of amides is 1. The van der Waals surface area contributed by atoms with E-state index in [0.717, 1.165) is 22.8 Å². The Kier molecular flexibility index (Phi) is 5.99. The summed E-state index contributed by atoms with van der Waals surface area (Å²) in [6, 6.07) is 3.54. The van der Waals surface area contributed by atoms with E-state index in [1.807, 2.05) is 52.9 Å². The number of hydrogen-bond donors (Lipinski definition) is 3. The summed E-state index contributed by atoms with van der Waals surface area (Å²) in [5, 5.41) is 17.7. The van der Waals surface area contributed by atoms with Crippen LogP contribution >= 0.6 is 0 Å². The quantitative estimate of drug-likeness (QED) is 0.360. The van der Waals surface area contributed by atoms with E-state index in [2.05, 4.69) is 40.9 Å². The van der Waals surface area contributed by atoms with Gasteiger partial charge in [-0.25, -0.2) is 19.6 Å². The molecule has 0 saturated heterocycles. The van der Waals surface area contributed by atoms with Crippen LogP contribution < -0.4 is 10.6 Å². The van der Waals surface area contributed by atoms with Gasteiger partial charge in [-0.3, -0.25) is 14.9 Å². The lowest BCUT2D eigenvalue weighted by molar-refractivity contribution is -0.136. The first-order valence-electron chi connectivity index (χ1n) is 12.0. The molecule has 5 rings (SSSR count). The Morgan fingerprint density at radius 3 is 2.56 bits per heavy atom. The number of hydrogen-bond acceptors (Lipinski definition) is 8. The first-order chi connectivity index (χ1) is 17.2. The minimum atomic E-state index is -0.487. The van der Waals surface area contributed by atoms with Gasteiger partial charge >= 0.3 is 0 Å². The highest BCUT2D eigenvalue weighted by molar-refractivity contribution is 5.83. The predicted octanol–water partition coefficient (Wildman–Crippen LogP) is 3.61. The van der Waals surface area contributed by atoms with E-state index in [1.54, 1.807) is 23.3 Å². The Morgan fingerprint density at radius 2 is 1.92 bits per heavy atom. The molecule has 1 atom stereocenters. The molecular formula is C25H30N10O. The summed E-state index contributed by atoms with van der Waals surface area (Å²) >= 11 is 0. The van der Waals surface area contributed by atoms with E-state index >= 15 is 0 Å². The molecule has 1 fully saturated rings.